The fraction of sp³-hybridized carbons (Fsp3) is 0.250. The van der Waals surface area contributed by atoms with Crippen LogP contribution >= 0.6 is 0 Å². The maximum Gasteiger partial charge on any atom is 0.119 e. The van der Waals surface area contributed by atoms with Gasteiger partial charge in [-0.2, -0.15) is 0 Å². The van der Waals surface area contributed by atoms with Gasteiger partial charge in [-0.05, 0) is 35.7 Å². The van der Waals surface area contributed by atoms with E-state index in [1.165, 1.54) is 11.1 Å². The lowest BCUT2D eigenvalue weighted by atomic mass is 10.0. The first-order valence-corrected chi connectivity index (χ1v) is 6.26. The molecule has 0 aliphatic heterocycles. The standard InChI is InChI=1S/C16H19NO/c1-13(11-17)15-7-9-16(10-8-15)18-12-14-5-3-2-4-6-14/h2-10,13H,11-12,17H2,1H3. The van der Waals surface area contributed by atoms with E-state index in [0.29, 0.717) is 19.1 Å². The normalized spacial score (nSPS) is 12.1. The molecule has 2 N–H and O–H groups in total. The fourth-order valence-electron chi connectivity index (χ4n) is 1.77. The first-order chi connectivity index (χ1) is 8.79. The van der Waals surface area contributed by atoms with Crippen LogP contribution in [0.25, 0.3) is 0 Å². The maximum absolute atomic E-state index is 5.73. The number of rotatable bonds is 5. The van der Waals surface area contributed by atoms with E-state index in [9.17, 15) is 0 Å². The molecule has 0 aliphatic rings. The molecule has 0 radical (unpaired) electrons. The summed E-state index contributed by atoms with van der Waals surface area (Å²) in [5.41, 5.74) is 8.08. The molecule has 0 amide bonds. The van der Waals surface area contributed by atoms with E-state index in [4.69, 9.17) is 10.5 Å². The Balaban J connectivity index is 1.94. The average Bonchev–Trinajstić information content (AvgIpc) is 2.46. The largest absolute Gasteiger partial charge is 0.489 e. The van der Waals surface area contributed by atoms with Crippen molar-refractivity contribution < 1.29 is 4.74 Å². The molecule has 2 nitrogen and oxygen atoms in total. The van der Waals surface area contributed by atoms with Crippen molar-refractivity contribution in [3.05, 3.63) is 65.7 Å². The molecular weight excluding hydrogens is 222 g/mol. The number of hydrogen-bond acceptors (Lipinski definition) is 2. The SMILES string of the molecule is CC(CN)c1ccc(OCc2ccccc2)cc1. The van der Waals surface area contributed by atoms with Crippen molar-refractivity contribution in [2.24, 2.45) is 5.73 Å². The highest BCUT2D eigenvalue weighted by molar-refractivity contribution is 5.29. The molecule has 2 rings (SSSR count). The van der Waals surface area contributed by atoms with E-state index >= 15 is 0 Å². The number of hydrogen-bond donors (Lipinski definition) is 1. The van der Waals surface area contributed by atoms with E-state index in [-0.39, 0.29) is 0 Å². The summed E-state index contributed by atoms with van der Waals surface area (Å²) in [4.78, 5) is 0. The zero-order valence-electron chi connectivity index (χ0n) is 10.7. The van der Waals surface area contributed by atoms with Gasteiger partial charge < -0.3 is 10.5 Å². The second-order valence-electron chi connectivity index (χ2n) is 4.48. The quantitative estimate of drug-likeness (QED) is 0.871. The molecule has 0 aliphatic carbocycles. The molecule has 2 aromatic carbocycles. The topological polar surface area (TPSA) is 35.2 Å². The van der Waals surface area contributed by atoms with E-state index in [0.717, 1.165) is 5.75 Å². The van der Waals surface area contributed by atoms with Gasteiger partial charge in [0.05, 0.1) is 0 Å². The Labute approximate surface area is 108 Å². The van der Waals surface area contributed by atoms with Crippen molar-refractivity contribution in [2.75, 3.05) is 6.54 Å². The zero-order valence-corrected chi connectivity index (χ0v) is 10.7. The molecule has 94 valence electrons. The van der Waals surface area contributed by atoms with Crippen LogP contribution in [0.15, 0.2) is 54.6 Å². The third kappa shape index (κ3) is 3.34. The maximum atomic E-state index is 5.73. The molecule has 0 bridgehead atoms. The van der Waals surface area contributed by atoms with Crippen LogP contribution in [0.4, 0.5) is 0 Å². The van der Waals surface area contributed by atoms with Gasteiger partial charge in [0.15, 0.2) is 0 Å². The molecule has 0 fully saturated rings. The van der Waals surface area contributed by atoms with Crippen LogP contribution in [0.2, 0.25) is 0 Å². The summed E-state index contributed by atoms with van der Waals surface area (Å²) < 4.78 is 5.73. The lowest BCUT2D eigenvalue weighted by molar-refractivity contribution is 0.306. The van der Waals surface area contributed by atoms with Gasteiger partial charge in [0.25, 0.3) is 0 Å². The molecule has 0 heterocycles. The highest BCUT2D eigenvalue weighted by Crippen LogP contribution is 2.19. The Morgan fingerprint density at radius 1 is 1.00 bits per heavy atom. The Bertz CT molecular complexity index is 464. The lowest BCUT2D eigenvalue weighted by Gasteiger charge is -2.10. The average molecular weight is 241 g/mol. The second-order valence-corrected chi connectivity index (χ2v) is 4.48. The molecule has 18 heavy (non-hydrogen) atoms. The Morgan fingerprint density at radius 3 is 2.28 bits per heavy atom. The summed E-state index contributed by atoms with van der Waals surface area (Å²) in [5.74, 6) is 1.29. The smallest absolute Gasteiger partial charge is 0.119 e. The minimum Gasteiger partial charge on any atom is -0.489 e. The molecule has 1 unspecified atom stereocenters. The first kappa shape index (κ1) is 12.7. The first-order valence-electron chi connectivity index (χ1n) is 6.26. The Kier molecular flexibility index (Phi) is 4.37. The Morgan fingerprint density at radius 2 is 1.67 bits per heavy atom. The van der Waals surface area contributed by atoms with Gasteiger partial charge in [-0.3, -0.25) is 0 Å². The summed E-state index contributed by atoms with van der Waals surface area (Å²) >= 11 is 0. The molecular formula is C16H19NO. The summed E-state index contributed by atoms with van der Waals surface area (Å²) in [6.07, 6.45) is 0. The van der Waals surface area contributed by atoms with Gasteiger partial charge in [-0.1, -0.05) is 49.4 Å². The van der Waals surface area contributed by atoms with Gasteiger partial charge in [-0.15, -0.1) is 0 Å². The van der Waals surface area contributed by atoms with E-state index in [1.807, 2.05) is 30.3 Å². The predicted octanol–water partition coefficient (Wildman–Crippen LogP) is 3.33. The van der Waals surface area contributed by atoms with Crippen molar-refractivity contribution in [2.45, 2.75) is 19.4 Å². The number of benzene rings is 2. The Hall–Kier alpha value is -1.80. The van der Waals surface area contributed by atoms with Crippen molar-refractivity contribution in [1.82, 2.24) is 0 Å². The van der Waals surface area contributed by atoms with Crippen molar-refractivity contribution in [1.29, 1.82) is 0 Å². The van der Waals surface area contributed by atoms with E-state index in [2.05, 4.69) is 31.2 Å². The third-order valence-corrected chi connectivity index (χ3v) is 3.05. The summed E-state index contributed by atoms with van der Waals surface area (Å²) in [6, 6.07) is 18.3. The molecule has 0 aromatic heterocycles. The summed E-state index contributed by atoms with van der Waals surface area (Å²) in [7, 11) is 0. The van der Waals surface area contributed by atoms with Gasteiger partial charge in [0.2, 0.25) is 0 Å². The second kappa shape index (κ2) is 6.22. The van der Waals surface area contributed by atoms with Crippen molar-refractivity contribution in [3.63, 3.8) is 0 Å². The lowest BCUT2D eigenvalue weighted by Crippen LogP contribution is -2.08. The molecule has 2 heteroatoms. The highest BCUT2D eigenvalue weighted by atomic mass is 16.5. The highest BCUT2D eigenvalue weighted by Gasteiger charge is 2.03. The third-order valence-electron chi connectivity index (χ3n) is 3.05. The van der Waals surface area contributed by atoms with Crippen LogP contribution in [0.1, 0.15) is 24.0 Å². The number of ether oxygens (including phenoxy) is 1. The molecule has 1 atom stereocenters. The molecule has 2 aromatic rings. The zero-order chi connectivity index (χ0) is 12.8. The van der Waals surface area contributed by atoms with Gasteiger partial charge in [0, 0.05) is 0 Å². The molecule has 0 saturated heterocycles. The van der Waals surface area contributed by atoms with Gasteiger partial charge >= 0.3 is 0 Å². The minimum absolute atomic E-state index is 0.396. The molecule has 0 saturated carbocycles. The van der Waals surface area contributed by atoms with Crippen LogP contribution in [0.5, 0.6) is 5.75 Å². The fourth-order valence-corrected chi connectivity index (χ4v) is 1.77. The van der Waals surface area contributed by atoms with E-state index < -0.39 is 0 Å². The van der Waals surface area contributed by atoms with Gasteiger partial charge in [-0.25, -0.2) is 0 Å². The predicted molar refractivity (Wildman–Crippen MR) is 74.7 cm³/mol. The summed E-state index contributed by atoms with van der Waals surface area (Å²) in [6.45, 7) is 3.40. The minimum atomic E-state index is 0.396. The monoisotopic (exact) mass is 241 g/mol. The van der Waals surface area contributed by atoms with Crippen molar-refractivity contribution >= 4 is 0 Å². The van der Waals surface area contributed by atoms with Crippen LogP contribution in [-0.2, 0) is 6.61 Å². The van der Waals surface area contributed by atoms with Crippen LogP contribution < -0.4 is 10.5 Å². The van der Waals surface area contributed by atoms with Crippen LogP contribution in [0, 0.1) is 0 Å². The van der Waals surface area contributed by atoms with Gasteiger partial charge in [0.1, 0.15) is 12.4 Å². The van der Waals surface area contributed by atoms with E-state index in [1.54, 1.807) is 0 Å². The van der Waals surface area contributed by atoms with Crippen LogP contribution in [0.3, 0.4) is 0 Å². The van der Waals surface area contributed by atoms with Crippen molar-refractivity contribution in [3.8, 4) is 5.75 Å². The summed E-state index contributed by atoms with van der Waals surface area (Å²) in [5, 5.41) is 0. The molecule has 0 spiro atoms. The number of nitrogens with two attached hydrogens (primary N) is 1. The van der Waals surface area contributed by atoms with Crippen LogP contribution in [-0.4, -0.2) is 6.54 Å².